The Kier molecular flexibility index (Phi) is 13.7. The van der Waals surface area contributed by atoms with Crippen LogP contribution in [-0.2, 0) is 13.9 Å². The van der Waals surface area contributed by atoms with Crippen LogP contribution in [0.3, 0.4) is 0 Å². The third-order valence-electron chi connectivity index (χ3n) is 3.19. The second-order valence-electron chi connectivity index (χ2n) is 4.66. The molecular weight excluding hydrogens is 628 g/mol. The summed E-state index contributed by atoms with van der Waals surface area (Å²) in [7, 11) is -5.75. The SMILES string of the molecule is N#C[P+](C#N)(C#N)c1ccccc1.N#C[P+](C#N)(C#N)c1ccccc1.[Br][Pd][Br]. The molecule has 0 amide bonds. The first-order valence-corrected chi connectivity index (χ1v) is 17.9. The zero-order valence-electron chi connectivity index (χ0n) is 14.4. The summed E-state index contributed by atoms with van der Waals surface area (Å²) in [5.74, 6) is 10.9. The Bertz CT molecular complexity index is 884. The molecular formula is C18H10Br2N6P2Pd+2. The van der Waals surface area contributed by atoms with Gasteiger partial charge in [-0.25, -0.2) is 0 Å². The van der Waals surface area contributed by atoms with E-state index in [0.717, 1.165) is 0 Å². The van der Waals surface area contributed by atoms with Gasteiger partial charge in [0.05, 0.1) is 0 Å². The van der Waals surface area contributed by atoms with Crippen molar-refractivity contribution in [2.24, 2.45) is 0 Å². The second kappa shape index (κ2) is 14.8. The summed E-state index contributed by atoms with van der Waals surface area (Å²) in [5, 5.41) is 53.8. The van der Waals surface area contributed by atoms with Crippen LogP contribution < -0.4 is 10.6 Å². The van der Waals surface area contributed by atoms with Gasteiger partial charge in [-0.05, 0) is 24.3 Å². The topological polar surface area (TPSA) is 143 Å². The molecule has 0 aliphatic rings. The first-order chi connectivity index (χ1) is 14.0. The first kappa shape index (κ1) is 26.9. The quantitative estimate of drug-likeness (QED) is 0.326. The van der Waals surface area contributed by atoms with Crippen molar-refractivity contribution in [2.75, 3.05) is 0 Å². The van der Waals surface area contributed by atoms with Crippen LogP contribution in [0.25, 0.3) is 0 Å². The average molecular weight is 638 g/mol. The summed E-state index contributed by atoms with van der Waals surface area (Å²) < 4.78 is 0. The maximum atomic E-state index is 8.78. The summed E-state index contributed by atoms with van der Waals surface area (Å²) in [5.41, 5.74) is 0. The number of nitrogens with zero attached hydrogens (tertiary/aromatic N) is 6. The summed E-state index contributed by atoms with van der Waals surface area (Å²) in [6, 6.07) is 17.0. The van der Waals surface area contributed by atoms with Gasteiger partial charge in [0.15, 0.2) is 0 Å². The standard InChI is InChI=1S/2C9H5N3P.2BrH.Pd/c2*10-6-13(7-11,8-12)9-4-2-1-3-5-9;;;/h2*1-5H;2*1H;/q2*+1;;;+2/p-2. The molecule has 0 radical (unpaired) electrons. The van der Waals surface area contributed by atoms with Crippen LogP contribution in [0, 0.1) is 66.4 Å². The Labute approximate surface area is 191 Å². The van der Waals surface area contributed by atoms with Crippen molar-refractivity contribution in [1.29, 1.82) is 31.6 Å². The van der Waals surface area contributed by atoms with Gasteiger partial charge in [-0.15, -0.1) is 31.6 Å². The minimum atomic E-state index is -2.87. The zero-order chi connectivity index (χ0) is 22.2. The summed E-state index contributed by atoms with van der Waals surface area (Å²) in [6.07, 6.45) is 0. The van der Waals surface area contributed by atoms with Gasteiger partial charge in [0.1, 0.15) is 10.6 Å². The minimum absolute atomic E-state index is 0.530. The monoisotopic (exact) mass is 636 g/mol. The van der Waals surface area contributed by atoms with E-state index in [1.807, 2.05) is 34.9 Å². The summed E-state index contributed by atoms with van der Waals surface area (Å²) in [6.45, 7) is 0. The molecule has 0 saturated carbocycles. The number of benzene rings is 2. The van der Waals surface area contributed by atoms with Gasteiger partial charge in [0.2, 0.25) is 0 Å². The molecule has 2 aromatic rings. The van der Waals surface area contributed by atoms with Gasteiger partial charge in [-0.3, -0.25) is 0 Å². The number of hydrogen-bond acceptors (Lipinski definition) is 6. The van der Waals surface area contributed by atoms with Crippen LogP contribution in [0.4, 0.5) is 0 Å². The molecule has 0 saturated heterocycles. The molecule has 0 aliphatic heterocycles. The molecule has 6 nitrogen and oxygen atoms in total. The molecule has 0 unspecified atom stereocenters. The first-order valence-electron chi connectivity index (χ1n) is 7.19. The number of hydrogen-bond donors (Lipinski definition) is 0. The molecule has 29 heavy (non-hydrogen) atoms. The molecule has 0 fully saturated rings. The van der Waals surface area contributed by atoms with Crippen molar-refractivity contribution >= 4 is 52.0 Å². The average Bonchev–Trinajstić information content (AvgIpc) is 2.80. The normalized spacial score (nSPS) is 9.10. The molecule has 2 rings (SSSR count). The van der Waals surface area contributed by atoms with E-state index < -0.39 is 14.5 Å². The Morgan fingerprint density at radius 3 is 0.897 bits per heavy atom. The van der Waals surface area contributed by atoms with E-state index in [0.29, 0.717) is 24.6 Å². The third-order valence-corrected chi connectivity index (χ3v) is 7.13. The predicted octanol–water partition coefficient (Wildman–Crippen LogP) is 5.23. The van der Waals surface area contributed by atoms with Gasteiger partial charge in [0, 0.05) is 0 Å². The zero-order valence-corrected chi connectivity index (χ0v) is 20.9. The fraction of sp³-hybridized carbons (Fsp3) is 0. The number of halogens is 2. The molecule has 0 bridgehead atoms. The molecule has 0 aliphatic carbocycles. The van der Waals surface area contributed by atoms with Crippen molar-refractivity contribution in [3.63, 3.8) is 0 Å². The molecule has 0 aromatic heterocycles. The number of rotatable bonds is 2. The van der Waals surface area contributed by atoms with E-state index in [1.54, 1.807) is 60.7 Å². The van der Waals surface area contributed by atoms with Gasteiger partial charge in [0.25, 0.3) is 34.9 Å². The second-order valence-corrected chi connectivity index (χ2v) is 16.7. The molecule has 2 aromatic carbocycles. The number of nitriles is 6. The molecule has 0 heterocycles. The fourth-order valence-corrected chi connectivity index (χ4v) is 3.98. The van der Waals surface area contributed by atoms with Crippen molar-refractivity contribution in [2.45, 2.75) is 0 Å². The molecule has 144 valence electrons. The van der Waals surface area contributed by atoms with E-state index in [-0.39, 0.29) is 0 Å². The van der Waals surface area contributed by atoms with Crippen LogP contribution >= 0.6 is 41.4 Å². The van der Waals surface area contributed by atoms with Gasteiger partial charge in [-0.1, -0.05) is 36.4 Å². The van der Waals surface area contributed by atoms with E-state index in [4.69, 9.17) is 31.6 Å². The van der Waals surface area contributed by atoms with Crippen molar-refractivity contribution in [1.82, 2.24) is 0 Å². The summed E-state index contributed by atoms with van der Waals surface area (Å²) >= 11 is 6.80. The Morgan fingerprint density at radius 2 is 0.724 bits per heavy atom. The Hall–Kier alpha value is -2.14. The Balaban J connectivity index is 0.000000477. The van der Waals surface area contributed by atoms with E-state index in [1.165, 1.54) is 0 Å². The molecule has 0 atom stereocenters. The van der Waals surface area contributed by atoms with E-state index in [2.05, 4.69) is 26.9 Å². The van der Waals surface area contributed by atoms with Crippen molar-refractivity contribution < 1.29 is 13.9 Å². The fourth-order valence-electron chi connectivity index (χ4n) is 1.78. The van der Waals surface area contributed by atoms with E-state index >= 15 is 0 Å². The van der Waals surface area contributed by atoms with Gasteiger partial charge in [-0.2, -0.15) is 0 Å². The molecule has 11 heteroatoms. The van der Waals surface area contributed by atoms with Crippen molar-refractivity contribution in [3.05, 3.63) is 60.7 Å². The van der Waals surface area contributed by atoms with Crippen LogP contribution in [0.5, 0.6) is 0 Å². The Morgan fingerprint density at radius 1 is 0.517 bits per heavy atom. The van der Waals surface area contributed by atoms with Crippen molar-refractivity contribution in [3.8, 4) is 34.9 Å². The van der Waals surface area contributed by atoms with Crippen LogP contribution in [0.1, 0.15) is 0 Å². The van der Waals surface area contributed by atoms with Crippen LogP contribution in [0.15, 0.2) is 60.7 Å². The predicted molar refractivity (Wildman–Crippen MR) is 118 cm³/mol. The van der Waals surface area contributed by atoms with Crippen LogP contribution in [0.2, 0.25) is 0 Å². The summed E-state index contributed by atoms with van der Waals surface area (Å²) in [4.78, 5) is 0. The van der Waals surface area contributed by atoms with Gasteiger partial charge >= 0.3 is 55.3 Å². The van der Waals surface area contributed by atoms with Crippen LogP contribution in [-0.4, -0.2) is 0 Å². The molecule has 0 spiro atoms. The molecule has 0 N–H and O–H groups in total. The van der Waals surface area contributed by atoms with E-state index in [9.17, 15) is 0 Å². The maximum absolute atomic E-state index is 8.78. The third kappa shape index (κ3) is 7.65. The van der Waals surface area contributed by atoms with Gasteiger partial charge < -0.3 is 0 Å².